The number of amides is 1. The molecule has 0 spiro atoms. The van der Waals surface area contributed by atoms with Crippen LogP contribution >= 0.6 is 11.6 Å². The van der Waals surface area contributed by atoms with Gasteiger partial charge < -0.3 is 20.3 Å². The van der Waals surface area contributed by atoms with Gasteiger partial charge in [-0.3, -0.25) is 4.79 Å². The van der Waals surface area contributed by atoms with Gasteiger partial charge in [-0.2, -0.15) is 0 Å². The quantitative estimate of drug-likeness (QED) is 0.740. The largest absolute Gasteiger partial charge is 0.482 e. The Labute approximate surface area is 134 Å². The number of rotatable bonds is 7. The molecule has 2 N–H and O–H groups in total. The summed E-state index contributed by atoms with van der Waals surface area (Å²) in [6.07, 6.45) is 0.906. The van der Waals surface area contributed by atoms with Gasteiger partial charge in [0.1, 0.15) is 11.6 Å². The van der Waals surface area contributed by atoms with Crippen molar-refractivity contribution in [1.82, 2.24) is 15.5 Å². The first-order chi connectivity index (χ1) is 10.6. The van der Waals surface area contributed by atoms with E-state index in [4.69, 9.17) is 16.3 Å². The maximum Gasteiger partial charge on any atom is 0.257 e. The number of hydrogen-bond acceptors (Lipinski definition) is 4. The first kappa shape index (κ1) is 17.0. The highest BCUT2D eigenvalue weighted by molar-refractivity contribution is 6.32. The Morgan fingerprint density at radius 3 is 2.91 bits per heavy atom. The molecule has 1 aromatic carbocycles. The monoisotopic (exact) mass is 329 g/mol. The first-order valence-corrected chi connectivity index (χ1v) is 7.80. The van der Waals surface area contributed by atoms with E-state index in [9.17, 15) is 9.18 Å². The minimum absolute atomic E-state index is 0.126. The molecule has 1 amide bonds. The van der Waals surface area contributed by atoms with Gasteiger partial charge >= 0.3 is 0 Å². The smallest absolute Gasteiger partial charge is 0.257 e. The molecule has 0 bridgehead atoms. The SMILES string of the molecule is O=C(COc1ccc(F)cc1Cl)NCCCN1CCNCC1. The summed E-state index contributed by atoms with van der Waals surface area (Å²) >= 11 is 5.82. The molecule has 1 aliphatic rings. The predicted molar refractivity (Wildman–Crippen MR) is 83.8 cm³/mol. The highest BCUT2D eigenvalue weighted by Gasteiger charge is 2.09. The molecular formula is C15H21ClFN3O2. The van der Waals surface area contributed by atoms with E-state index in [1.54, 1.807) is 0 Å². The molecule has 1 fully saturated rings. The van der Waals surface area contributed by atoms with E-state index < -0.39 is 5.82 Å². The zero-order valence-electron chi connectivity index (χ0n) is 12.4. The fourth-order valence-corrected chi connectivity index (χ4v) is 2.47. The molecule has 0 unspecified atom stereocenters. The molecule has 5 nitrogen and oxygen atoms in total. The lowest BCUT2D eigenvalue weighted by Crippen LogP contribution is -2.44. The molecule has 0 aromatic heterocycles. The Balaban J connectivity index is 1.59. The summed E-state index contributed by atoms with van der Waals surface area (Å²) in [6, 6.07) is 3.81. The van der Waals surface area contributed by atoms with Gasteiger partial charge in [-0.15, -0.1) is 0 Å². The van der Waals surface area contributed by atoms with Gasteiger partial charge in [0.05, 0.1) is 5.02 Å². The minimum Gasteiger partial charge on any atom is -0.482 e. The maximum atomic E-state index is 12.9. The van der Waals surface area contributed by atoms with Crippen molar-refractivity contribution in [3.8, 4) is 5.75 Å². The molecule has 1 aliphatic heterocycles. The molecule has 0 saturated carbocycles. The van der Waals surface area contributed by atoms with Crippen LogP contribution in [0.25, 0.3) is 0 Å². The van der Waals surface area contributed by atoms with Crippen LogP contribution in [-0.4, -0.2) is 56.7 Å². The van der Waals surface area contributed by atoms with Gasteiger partial charge in [-0.05, 0) is 31.2 Å². The van der Waals surface area contributed by atoms with Crippen molar-refractivity contribution < 1.29 is 13.9 Å². The highest BCUT2D eigenvalue weighted by Crippen LogP contribution is 2.24. The summed E-state index contributed by atoms with van der Waals surface area (Å²) in [5.74, 6) is -0.338. The fourth-order valence-electron chi connectivity index (χ4n) is 2.25. The van der Waals surface area contributed by atoms with Crippen LogP contribution in [0.15, 0.2) is 18.2 Å². The van der Waals surface area contributed by atoms with Gasteiger partial charge in [0.15, 0.2) is 6.61 Å². The van der Waals surface area contributed by atoms with Gasteiger partial charge in [0, 0.05) is 32.7 Å². The molecule has 1 heterocycles. The Morgan fingerprint density at radius 1 is 1.41 bits per heavy atom. The van der Waals surface area contributed by atoms with E-state index in [0.717, 1.165) is 45.2 Å². The molecule has 0 radical (unpaired) electrons. The average molecular weight is 330 g/mol. The minimum atomic E-state index is -0.435. The van der Waals surface area contributed by atoms with E-state index in [0.29, 0.717) is 12.3 Å². The summed E-state index contributed by atoms with van der Waals surface area (Å²) in [5, 5.41) is 6.26. The number of nitrogens with zero attached hydrogens (tertiary/aromatic N) is 1. The van der Waals surface area contributed by atoms with Crippen LogP contribution in [0.5, 0.6) is 5.75 Å². The van der Waals surface area contributed by atoms with Crippen LogP contribution < -0.4 is 15.4 Å². The Bertz CT molecular complexity index is 496. The number of hydrogen-bond donors (Lipinski definition) is 2. The Kier molecular flexibility index (Phi) is 6.89. The summed E-state index contributed by atoms with van der Waals surface area (Å²) in [7, 11) is 0. The zero-order valence-corrected chi connectivity index (χ0v) is 13.2. The second-order valence-electron chi connectivity index (χ2n) is 5.16. The molecule has 0 aliphatic carbocycles. The van der Waals surface area contributed by atoms with Crippen molar-refractivity contribution in [2.75, 3.05) is 45.9 Å². The van der Waals surface area contributed by atoms with Crippen LogP contribution in [0.4, 0.5) is 4.39 Å². The van der Waals surface area contributed by atoms with Crippen molar-refractivity contribution in [2.45, 2.75) is 6.42 Å². The Morgan fingerprint density at radius 2 is 2.18 bits per heavy atom. The molecule has 7 heteroatoms. The van der Waals surface area contributed by atoms with Crippen LogP contribution in [0.3, 0.4) is 0 Å². The third-order valence-electron chi connectivity index (χ3n) is 3.44. The van der Waals surface area contributed by atoms with Crippen molar-refractivity contribution in [1.29, 1.82) is 0 Å². The number of benzene rings is 1. The number of nitrogens with one attached hydrogen (secondary N) is 2. The lowest BCUT2D eigenvalue weighted by atomic mass is 10.3. The number of carbonyl (C=O) groups excluding carboxylic acids is 1. The van der Waals surface area contributed by atoms with Crippen LogP contribution in [0, 0.1) is 5.82 Å². The topological polar surface area (TPSA) is 53.6 Å². The van der Waals surface area contributed by atoms with Gasteiger partial charge in [0.2, 0.25) is 0 Å². The summed E-state index contributed by atoms with van der Waals surface area (Å²) < 4.78 is 18.1. The molecule has 2 rings (SSSR count). The summed E-state index contributed by atoms with van der Waals surface area (Å²) in [6.45, 7) is 5.63. The lowest BCUT2D eigenvalue weighted by Gasteiger charge is -2.27. The van der Waals surface area contributed by atoms with E-state index in [1.807, 2.05) is 0 Å². The van der Waals surface area contributed by atoms with Crippen molar-refractivity contribution in [2.24, 2.45) is 0 Å². The van der Waals surface area contributed by atoms with E-state index in [1.165, 1.54) is 12.1 Å². The number of ether oxygens (including phenoxy) is 1. The van der Waals surface area contributed by atoms with Crippen molar-refractivity contribution in [3.05, 3.63) is 29.0 Å². The van der Waals surface area contributed by atoms with Crippen molar-refractivity contribution >= 4 is 17.5 Å². The molecule has 0 atom stereocenters. The maximum absolute atomic E-state index is 12.9. The number of piperazine rings is 1. The summed E-state index contributed by atoms with van der Waals surface area (Å²) in [4.78, 5) is 14.0. The second-order valence-corrected chi connectivity index (χ2v) is 5.57. The van der Waals surface area contributed by atoms with Crippen molar-refractivity contribution in [3.63, 3.8) is 0 Å². The predicted octanol–water partition coefficient (Wildman–Crippen LogP) is 1.27. The van der Waals surface area contributed by atoms with Gasteiger partial charge in [0.25, 0.3) is 5.91 Å². The third kappa shape index (κ3) is 5.79. The normalized spacial score (nSPS) is 15.5. The fraction of sp³-hybridized carbons (Fsp3) is 0.533. The zero-order chi connectivity index (χ0) is 15.8. The van der Waals surface area contributed by atoms with Gasteiger partial charge in [-0.1, -0.05) is 11.6 Å². The molecule has 1 saturated heterocycles. The number of halogens is 2. The van der Waals surface area contributed by atoms with Crippen LogP contribution in [0.1, 0.15) is 6.42 Å². The highest BCUT2D eigenvalue weighted by atomic mass is 35.5. The number of carbonyl (C=O) groups is 1. The van der Waals surface area contributed by atoms with Crippen LogP contribution in [0.2, 0.25) is 5.02 Å². The third-order valence-corrected chi connectivity index (χ3v) is 3.73. The molecule has 22 heavy (non-hydrogen) atoms. The van der Waals surface area contributed by atoms with E-state index >= 15 is 0 Å². The summed E-state index contributed by atoms with van der Waals surface area (Å²) in [5.41, 5.74) is 0. The van der Waals surface area contributed by atoms with Gasteiger partial charge in [-0.25, -0.2) is 4.39 Å². The average Bonchev–Trinajstić information content (AvgIpc) is 2.52. The standard InChI is InChI=1S/C15H21ClFN3O2/c16-13-10-12(17)2-3-14(13)22-11-15(21)19-4-1-7-20-8-5-18-6-9-20/h2-3,10,18H,1,4-9,11H2,(H,19,21). The second kappa shape index (κ2) is 8.92. The van der Waals surface area contributed by atoms with Crippen LogP contribution in [-0.2, 0) is 4.79 Å². The first-order valence-electron chi connectivity index (χ1n) is 7.43. The van der Waals surface area contributed by atoms with E-state index in [-0.39, 0.29) is 17.5 Å². The lowest BCUT2D eigenvalue weighted by molar-refractivity contribution is -0.123. The Hall–Kier alpha value is -1.37. The van der Waals surface area contributed by atoms with E-state index in [2.05, 4.69) is 15.5 Å². The molecular weight excluding hydrogens is 309 g/mol. The molecule has 1 aromatic rings. The molecule has 122 valence electrons.